The third-order valence-electron chi connectivity index (χ3n) is 3.04. The fraction of sp³-hybridized carbons (Fsp3) is 0.533. The lowest BCUT2D eigenvalue weighted by molar-refractivity contribution is -0.872. The van der Waals surface area contributed by atoms with Crippen LogP contribution in [0.4, 0.5) is 0 Å². The van der Waals surface area contributed by atoms with Crippen molar-refractivity contribution >= 4 is 17.1 Å². The van der Waals surface area contributed by atoms with Gasteiger partial charge in [0.1, 0.15) is 0 Å². The predicted octanol–water partition coefficient (Wildman–Crippen LogP) is 3.45. The van der Waals surface area contributed by atoms with Gasteiger partial charge in [0.15, 0.2) is 0 Å². The summed E-state index contributed by atoms with van der Waals surface area (Å²) in [5.74, 6) is 0.492. The van der Waals surface area contributed by atoms with Gasteiger partial charge in [-0.05, 0) is 24.5 Å². The van der Waals surface area contributed by atoms with Gasteiger partial charge in [-0.15, -0.1) is 0 Å². The lowest BCUT2D eigenvalue weighted by atomic mass is 9.93. The lowest BCUT2D eigenvalue weighted by Gasteiger charge is -2.29. The van der Waals surface area contributed by atoms with Gasteiger partial charge in [0.25, 0.3) is 0 Å². The quantitative estimate of drug-likeness (QED) is 0.438. The summed E-state index contributed by atoms with van der Waals surface area (Å²) in [4.78, 5) is 1.12. The van der Waals surface area contributed by atoms with E-state index in [1.54, 1.807) is 0 Å². The van der Waals surface area contributed by atoms with Gasteiger partial charge < -0.3 is 4.48 Å². The van der Waals surface area contributed by atoms with Gasteiger partial charge in [0, 0.05) is 10.8 Å². The van der Waals surface area contributed by atoms with Crippen molar-refractivity contribution in [3.05, 3.63) is 35.4 Å². The van der Waals surface area contributed by atoms with E-state index >= 15 is 0 Å². The van der Waals surface area contributed by atoms with Crippen molar-refractivity contribution in [3.63, 3.8) is 0 Å². The monoisotopic (exact) mass is 250 g/mol. The number of nitrogens with zero attached hydrogens (tertiary/aromatic N) is 1. The molecule has 0 radical (unpaired) electrons. The maximum Gasteiger partial charge on any atom is 0.0858 e. The number of aryl methyl sites for hydroxylation is 1. The minimum atomic E-state index is 0.492. The first-order chi connectivity index (χ1) is 7.85. The fourth-order valence-electron chi connectivity index (χ4n) is 2.13. The Labute approximate surface area is 111 Å². The largest absolute Gasteiger partial charge is 0.330 e. The molecular formula is C15H24NS+. The number of hydrogen-bond acceptors (Lipinski definition) is 1. The Morgan fingerprint density at radius 2 is 1.82 bits per heavy atom. The lowest BCUT2D eigenvalue weighted by Crippen LogP contribution is -2.41. The van der Waals surface area contributed by atoms with E-state index in [4.69, 9.17) is 12.2 Å². The third-order valence-corrected chi connectivity index (χ3v) is 3.60. The van der Waals surface area contributed by atoms with Crippen molar-refractivity contribution in [2.24, 2.45) is 5.92 Å². The molecule has 17 heavy (non-hydrogen) atoms. The Hall–Kier alpha value is -0.730. The number of hydrogen-bond donors (Lipinski definition) is 0. The van der Waals surface area contributed by atoms with Gasteiger partial charge >= 0.3 is 0 Å². The fourth-order valence-corrected chi connectivity index (χ4v) is 2.60. The van der Waals surface area contributed by atoms with E-state index in [0.29, 0.717) is 5.92 Å². The van der Waals surface area contributed by atoms with Crippen molar-refractivity contribution in [2.45, 2.75) is 20.3 Å². The molecule has 1 nitrogen and oxygen atoms in total. The van der Waals surface area contributed by atoms with Crippen LogP contribution in [0.3, 0.4) is 0 Å². The van der Waals surface area contributed by atoms with Crippen molar-refractivity contribution in [3.8, 4) is 0 Å². The highest BCUT2D eigenvalue weighted by atomic mass is 32.1. The van der Waals surface area contributed by atoms with Crippen LogP contribution < -0.4 is 0 Å². The number of benzene rings is 1. The van der Waals surface area contributed by atoms with Crippen LogP contribution >= 0.6 is 12.2 Å². The van der Waals surface area contributed by atoms with Crippen LogP contribution in [0.15, 0.2) is 24.3 Å². The van der Waals surface area contributed by atoms with Crippen LogP contribution in [0.1, 0.15) is 24.5 Å². The van der Waals surface area contributed by atoms with Crippen LogP contribution in [0.25, 0.3) is 0 Å². The summed E-state index contributed by atoms with van der Waals surface area (Å²) >= 11 is 5.69. The minimum Gasteiger partial charge on any atom is -0.330 e. The Balaban J connectivity index is 2.91. The molecule has 0 aliphatic heterocycles. The van der Waals surface area contributed by atoms with Gasteiger partial charge in [-0.1, -0.05) is 43.4 Å². The van der Waals surface area contributed by atoms with Gasteiger partial charge in [-0.3, -0.25) is 0 Å². The smallest absolute Gasteiger partial charge is 0.0858 e. The van der Waals surface area contributed by atoms with Crippen LogP contribution in [0.2, 0.25) is 0 Å². The van der Waals surface area contributed by atoms with Crippen molar-refractivity contribution in [2.75, 3.05) is 27.7 Å². The Morgan fingerprint density at radius 1 is 1.24 bits per heavy atom. The molecule has 0 saturated carbocycles. The number of rotatable bonds is 5. The topological polar surface area (TPSA) is 0 Å². The second-order valence-electron chi connectivity index (χ2n) is 5.76. The van der Waals surface area contributed by atoms with Crippen molar-refractivity contribution in [1.82, 2.24) is 0 Å². The van der Waals surface area contributed by atoms with E-state index in [1.807, 2.05) is 0 Å². The summed E-state index contributed by atoms with van der Waals surface area (Å²) in [7, 11) is 6.68. The average molecular weight is 250 g/mol. The Morgan fingerprint density at radius 3 is 2.29 bits per heavy atom. The maximum atomic E-state index is 5.69. The molecule has 0 saturated heterocycles. The SMILES string of the molecule is CCC(C[N+](C)(C)C)C(=S)c1ccccc1C. The van der Waals surface area contributed by atoms with Crippen LogP contribution in [0, 0.1) is 12.8 Å². The molecule has 2 heteroatoms. The summed E-state index contributed by atoms with van der Waals surface area (Å²) in [5, 5.41) is 0. The van der Waals surface area contributed by atoms with Crippen LogP contribution in [0.5, 0.6) is 0 Å². The zero-order valence-electron chi connectivity index (χ0n) is 11.7. The molecule has 1 aromatic carbocycles. The minimum absolute atomic E-state index is 0.492. The molecule has 0 fully saturated rings. The standard InChI is InChI=1S/C15H24NS/c1-6-13(11-16(3,4)5)15(17)14-10-8-7-9-12(14)2/h7-10,13H,6,11H2,1-5H3/q+1. The molecule has 0 heterocycles. The second kappa shape index (κ2) is 5.74. The zero-order chi connectivity index (χ0) is 13.1. The molecule has 1 rings (SSSR count). The molecule has 0 aliphatic carbocycles. The van der Waals surface area contributed by atoms with Crippen molar-refractivity contribution in [1.29, 1.82) is 0 Å². The van der Waals surface area contributed by atoms with E-state index in [1.165, 1.54) is 11.1 Å². The van der Waals surface area contributed by atoms with Gasteiger partial charge in [0.05, 0.1) is 27.7 Å². The van der Waals surface area contributed by atoms with E-state index in [9.17, 15) is 0 Å². The molecule has 1 atom stereocenters. The first kappa shape index (κ1) is 14.3. The molecule has 0 N–H and O–H groups in total. The summed E-state index contributed by atoms with van der Waals surface area (Å²) in [6.07, 6.45) is 1.11. The molecular weight excluding hydrogens is 226 g/mol. The summed E-state index contributed by atoms with van der Waals surface area (Å²) in [6.45, 7) is 5.47. The predicted molar refractivity (Wildman–Crippen MR) is 79.6 cm³/mol. The zero-order valence-corrected chi connectivity index (χ0v) is 12.5. The normalized spacial score (nSPS) is 13.5. The van der Waals surface area contributed by atoms with E-state index in [-0.39, 0.29) is 0 Å². The molecule has 1 unspecified atom stereocenters. The maximum absolute atomic E-state index is 5.69. The summed E-state index contributed by atoms with van der Waals surface area (Å²) < 4.78 is 0.963. The van der Waals surface area contributed by atoms with E-state index in [0.717, 1.165) is 22.3 Å². The third kappa shape index (κ3) is 4.21. The van der Waals surface area contributed by atoms with Crippen LogP contribution in [-0.2, 0) is 0 Å². The highest BCUT2D eigenvalue weighted by Crippen LogP contribution is 2.19. The molecule has 0 bridgehead atoms. The first-order valence-electron chi connectivity index (χ1n) is 6.25. The molecule has 0 amide bonds. The second-order valence-corrected chi connectivity index (χ2v) is 6.20. The molecule has 0 aromatic heterocycles. The Kier molecular flexibility index (Phi) is 4.84. The molecule has 1 aromatic rings. The van der Waals surface area contributed by atoms with E-state index in [2.05, 4.69) is 59.3 Å². The van der Waals surface area contributed by atoms with Crippen LogP contribution in [-0.4, -0.2) is 37.0 Å². The number of thiocarbonyl (C=S) groups is 1. The van der Waals surface area contributed by atoms with E-state index < -0.39 is 0 Å². The highest BCUT2D eigenvalue weighted by Gasteiger charge is 2.22. The molecule has 0 spiro atoms. The average Bonchev–Trinajstić information content (AvgIpc) is 2.24. The van der Waals surface area contributed by atoms with Gasteiger partial charge in [-0.25, -0.2) is 0 Å². The first-order valence-corrected chi connectivity index (χ1v) is 6.66. The number of quaternary nitrogens is 1. The molecule has 0 aliphatic rings. The molecule has 94 valence electrons. The van der Waals surface area contributed by atoms with Gasteiger partial charge in [0.2, 0.25) is 0 Å². The summed E-state index contributed by atoms with van der Waals surface area (Å²) in [5.41, 5.74) is 2.54. The Bertz CT molecular complexity index is 390. The van der Waals surface area contributed by atoms with Gasteiger partial charge in [-0.2, -0.15) is 0 Å². The summed E-state index contributed by atoms with van der Waals surface area (Å²) in [6, 6.07) is 8.44. The van der Waals surface area contributed by atoms with Crippen molar-refractivity contribution < 1.29 is 4.48 Å². The highest BCUT2D eigenvalue weighted by molar-refractivity contribution is 7.80.